The van der Waals surface area contributed by atoms with Crippen molar-refractivity contribution in [1.29, 1.82) is 0 Å². The molecule has 0 aliphatic heterocycles. The highest BCUT2D eigenvalue weighted by Crippen LogP contribution is 2.17. The van der Waals surface area contributed by atoms with E-state index >= 15 is 0 Å². The second-order valence-corrected chi connectivity index (χ2v) is 8.28. The van der Waals surface area contributed by atoms with Gasteiger partial charge in [-0.2, -0.15) is 0 Å². The van der Waals surface area contributed by atoms with E-state index in [2.05, 4.69) is 5.32 Å². The van der Waals surface area contributed by atoms with Crippen molar-refractivity contribution < 1.29 is 27.2 Å². The normalized spacial score (nSPS) is 10.9. The first kappa shape index (κ1) is 24.9. The number of halogens is 3. The molecule has 0 saturated carbocycles. The summed E-state index contributed by atoms with van der Waals surface area (Å²) in [4.78, 5) is 28.9. The highest BCUT2D eigenvalue weighted by atomic mass is 19.1. The molecular formula is C25H26F3N3O3. The summed E-state index contributed by atoms with van der Waals surface area (Å²) in [7, 11) is 0. The van der Waals surface area contributed by atoms with Crippen LogP contribution in [0.5, 0.6) is 0 Å². The maximum atomic E-state index is 14.0. The van der Waals surface area contributed by atoms with Gasteiger partial charge < -0.3 is 19.5 Å². The largest absolute Gasteiger partial charge is 0.467 e. The Morgan fingerprint density at radius 3 is 2.26 bits per heavy atom. The van der Waals surface area contributed by atoms with Crippen molar-refractivity contribution in [3.05, 3.63) is 89.6 Å². The average molecular weight is 473 g/mol. The van der Waals surface area contributed by atoms with Crippen LogP contribution < -0.4 is 5.32 Å². The fourth-order valence-electron chi connectivity index (χ4n) is 3.34. The fourth-order valence-corrected chi connectivity index (χ4v) is 3.34. The molecule has 1 heterocycles. The molecule has 3 amide bonds. The van der Waals surface area contributed by atoms with Gasteiger partial charge in [0.2, 0.25) is 5.91 Å². The molecule has 0 fully saturated rings. The zero-order valence-corrected chi connectivity index (χ0v) is 18.9. The SMILES string of the molecule is CC(C)CN(CC(=O)N(Cc1ccc(F)cc1)Cc1ccco1)C(=O)Nc1ccc(F)cc1F. The van der Waals surface area contributed by atoms with Crippen LogP contribution >= 0.6 is 0 Å². The number of carbonyl (C=O) groups is 2. The van der Waals surface area contributed by atoms with Gasteiger partial charge in [0, 0.05) is 19.2 Å². The van der Waals surface area contributed by atoms with Crippen molar-refractivity contribution in [2.45, 2.75) is 26.9 Å². The van der Waals surface area contributed by atoms with Gasteiger partial charge in [-0.3, -0.25) is 4.79 Å². The molecule has 0 atom stereocenters. The molecule has 0 radical (unpaired) electrons. The molecule has 0 bridgehead atoms. The summed E-state index contributed by atoms with van der Waals surface area (Å²) in [6.07, 6.45) is 1.49. The Morgan fingerprint density at radius 2 is 1.65 bits per heavy atom. The first-order valence-electron chi connectivity index (χ1n) is 10.8. The van der Waals surface area contributed by atoms with Crippen LogP contribution in [0, 0.1) is 23.4 Å². The zero-order chi connectivity index (χ0) is 24.7. The number of anilines is 1. The van der Waals surface area contributed by atoms with Crippen LogP contribution in [-0.4, -0.2) is 34.8 Å². The molecule has 0 saturated heterocycles. The number of furan rings is 1. The summed E-state index contributed by atoms with van der Waals surface area (Å²) in [5.74, 6) is -1.88. The first-order chi connectivity index (χ1) is 16.2. The Kier molecular flexibility index (Phi) is 8.34. The summed E-state index contributed by atoms with van der Waals surface area (Å²) >= 11 is 0. The van der Waals surface area contributed by atoms with Crippen LogP contribution in [0.25, 0.3) is 0 Å². The van der Waals surface area contributed by atoms with Gasteiger partial charge in [-0.05, 0) is 47.9 Å². The molecule has 0 aliphatic carbocycles. The molecule has 6 nitrogen and oxygen atoms in total. The van der Waals surface area contributed by atoms with Crippen molar-refractivity contribution in [3.63, 3.8) is 0 Å². The third-order valence-corrected chi connectivity index (χ3v) is 4.94. The predicted octanol–water partition coefficient (Wildman–Crippen LogP) is 5.42. The van der Waals surface area contributed by atoms with Gasteiger partial charge >= 0.3 is 6.03 Å². The summed E-state index contributed by atoms with van der Waals surface area (Å²) in [6.45, 7) is 4.02. The van der Waals surface area contributed by atoms with Gasteiger partial charge in [-0.25, -0.2) is 18.0 Å². The van der Waals surface area contributed by atoms with Crippen LogP contribution in [-0.2, 0) is 17.9 Å². The van der Waals surface area contributed by atoms with E-state index in [0.717, 1.165) is 12.1 Å². The van der Waals surface area contributed by atoms with E-state index in [-0.39, 0.29) is 49.5 Å². The van der Waals surface area contributed by atoms with E-state index in [1.165, 1.54) is 28.2 Å². The molecule has 1 N–H and O–H groups in total. The number of benzene rings is 2. The van der Waals surface area contributed by atoms with Crippen LogP contribution in [0.1, 0.15) is 25.2 Å². The van der Waals surface area contributed by atoms with Gasteiger partial charge in [0.05, 0.1) is 18.5 Å². The van der Waals surface area contributed by atoms with E-state index in [1.54, 1.807) is 24.3 Å². The Hall–Kier alpha value is -3.75. The lowest BCUT2D eigenvalue weighted by atomic mass is 10.2. The first-order valence-corrected chi connectivity index (χ1v) is 10.8. The number of hydrogen-bond donors (Lipinski definition) is 1. The summed E-state index contributed by atoms with van der Waals surface area (Å²) < 4.78 is 45.9. The minimum atomic E-state index is -0.917. The van der Waals surface area contributed by atoms with Crippen LogP contribution in [0.2, 0.25) is 0 Å². The Morgan fingerprint density at radius 1 is 0.941 bits per heavy atom. The van der Waals surface area contributed by atoms with Gasteiger partial charge in [-0.1, -0.05) is 26.0 Å². The quantitative estimate of drug-likeness (QED) is 0.452. The molecule has 2 aromatic carbocycles. The van der Waals surface area contributed by atoms with Crippen LogP contribution in [0.4, 0.5) is 23.7 Å². The number of hydrogen-bond acceptors (Lipinski definition) is 3. The number of amides is 3. The highest BCUT2D eigenvalue weighted by Gasteiger charge is 2.24. The van der Waals surface area contributed by atoms with E-state index < -0.39 is 17.7 Å². The lowest BCUT2D eigenvalue weighted by Crippen LogP contribution is -2.45. The van der Waals surface area contributed by atoms with E-state index in [9.17, 15) is 22.8 Å². The van der Waals surface area contributed by atoms with Gasteiger partial charge in [0.1, 0.15) is 29.8 Å². The van der Waals surface area contributed by atoms with Crippen molar-refractivity contribution in [2.75, 3.05) is 18.4 Å². The molecule has 180 valence electrons. The number of nitrogens with one attached hydrogen (secondary N) is 1. The van der Waals surface area contributed by atoms with E-state index in [1.807, 2.05) is 13.8 Å². The summed E-state index contributed by atoms with van der Waals surface area (Å²) in [6, 6.07) is 11.3. The van der Waals surface area contributed by atoms with Crippen molar-refractivity contribution in [2.24, 2.45) is 5.92 Å². The molecule has 0 aliphatic rings. The lowest BCUT2D eigenvalue weighted by molar-refractivity contribution is -0.133. The minimum Gasteiger partial charge on any atom is -0.467 e. The number of rotatable bonds is 9. The molecule has 9 heteroatoms. The van der Waals surface area contributed by atoms with Crippen molar-refractivity contribution in [3.8, 4) is 0 Å². The second-order valence-electron chi connectivity index (χ2n) is 8.28. The number of urea groups is 1. The highest BCUT2D eigenvalue weighted by molar-refractivity contribution is 5.92. The minimum absolute atomic E-state index is 0.0206. The molecule has 1 aromatic heterocycles. The summed E-state index contributed by atoms with van der Waals surface area (Å²) in [5.41, 5.74) is 0.515. The van der Waals surface area contributed by atoms with Gasteiger partial charge in [0.25, 0.3) is 0 Å². The van der Waals surface area contributed by atoms with Crippen molar-refractivity contribution in [1.82, 2.24) is 9.80 Å². The lowest BCUT2D eigenvalue weighted by Gasteiger charge is -2.28. The monoisotopic (exact) mass is 473 g/mol. The molecule has 3 aromatic rings. The smallest absolute Gasteiger partial charge is 0.322 e. The summed E-state index contributed by atoms with van der Waals surface area (Å²) in [5, 5.41) is 2.40. The topological polar surface area (TPSA) is 65.8 Å². The van der Waals surface area contributed by atoms with Gasteiger partial charge in [0.15, 0.2) is 0 Å². The Labute approximate surface area is 196 Å². The Balaban J connectivity index is 1.77. The number of carbonyl (C=O) groups excluding carboxylic acids is 2. The number of nitrogens with zero attached hydrogens (tertiary/aromatic N) is 2. The maximum absolute atomic E-state index is 14.0. The zero-order valence-electron chi connectivity index (χ0n) is 18.9. The van der Waals surface area contributed by atoms with Gasteiger partial charge in [-0.15, -0.1) is 0 Å². The van der Waals surface area contributed by atoms with Crippen molar-refractivity contribution >= 4 is 17.6 Å². The standard InChI is InChI=1S/C25H26F3N3O3/c1-17(2)13-31(25(33)29-23-10-9-20(27)12-22(23)28)16-24(32)30(15-21-4-3-11-34-21)14-18-5-7-19(26)8-6-18/h3-12,17H,13-16H2,1-2H3,(H,29,33). The molecule has 3 rings (SSSR count). The third-order valence-electron chi connectivity index (χ3n) is 4.94. The fraction of sp³-hybridized carbons (Fsp3) is 0.280. The van der Waals surface area contributed by atoms with Crippen LogP contribution in [0.3, 0.4) is 0 Å². The Bertz CT molecular complexity index is 1100. The second kappa shape index (κ2) is 11.4. The molecule has 0 spiro atoms. The van der Waals surface area contributed by atoms with E-state index in [0.29, 0.717) is 17.4 Å². The third kappa shape index (κ3) is 7.13. The predicted molar refractivity (Wildman–Crippen MR) is 121 cm³/mol. The molecular weight excluding hydrogens is 447 g/mol. The molecule has 34 heavy (non-hydrogen) atoms. The van der Waals surface area contributed by atoms with E-state index in [4.69, 9.17) is 4.42 Å². The average Bonchev–Trinajstić information content (AvgIpc) is 3.29. The van der Waals surface area contributed by atoms with Crippen LogP contribution in [0.15, 0.2) is 65.3 Å². The molecule has 0 unspecified atom stereocenters. The maximum Gasteiger partial charge on any atom is 0.322 e.